The summed E-state index contributed by atoms with van der Waals surface area (Å²) in [5.74, 6) is 1.35. The van der Waals surface area contributed by atoms with Crippen molar-refractivity contribution in [3.63, 3.8) is 0 Å². The Morgan fingerprint density at radius 1 is 1.36 bits per heavy atom. The second-order valence-electron chi connectivity index (χ2n) is 6.66. The SMILES string of the molecule is Cc1cc(CN2CCN(C(=O)[C@H]3CCC[C@H](N)C3)CC2)on1. The molecule has 22 heavy (non-hydrogen) atoms. The Kier molecular flexibility index (Phi) is 4.78. The number of aryl methyl sites for hydroxylation is 1. The molecule has 3 rings (SSSR count). The molecule has 2 atom stereocenters. The van der Waals surface area contributed by atoms with Crippen molar-refractivity contribution in [2.75, 3.05) is 26.2 Å². The summed E-state index contributed by atoms with van der Waals surface area (Å²) < 4.78 is 5.26. The van der Waals surface area contributed by atoms with Gasteiger partial charge >= 0.3 is 0 Å². The van der Waals surface area contributed by atoms with Gasteiger partial charge in [0.1, 0.15) is 0 Å². The molecule has 0 aromatic carbocycles. The summed E-state index contributed by atoms with van der Waals surface area (Å²) in [5, 5.41) is 3.92. The molecule has 1 saturated heterocycles. The van der Waals surface area contributed by atoms with E-state index in [1.54, 1.807) is 0 Å². The first-order valence-electron chi connectivity index (χ1n) is 8.31. The minimum absolute atomic E-state index is 0.146. The van der Waals surface area contributed by atoms with E-state index in [-0.39, 0.29) is 12.0 Å². The first kappa shape index (κ1) is 15.5. The molecule has 1 amide bonds. The van der Waals surface area contributed by atoms with Gasteiger partial charge in [-0.2, -0.15) is 0 Å². The average Bonchev–Trinajstić information content (AvgIpc) is 2.92. The van der Waals surface area contributed by atoms with Crippen LogP contribution in [0.5, 0.6) is 0 Å². The van der Waals surface area contributed by atoms with E-state index in [1.165, 1.54) is 0 Å². The van der Waals surface area contributed by atoms with Crippen molar-refractivity contribution in [2.45, 2.75) is 45.2 Å². The van der Waals surface area contributed by atoms with E-state index < -0.39 is 0 Å². The summed E-state index contributed by atoms with van der Waals surface area (Å²) in [7, 11) is 0. The van der Waals surface area contributed by atoms with Crippen molar-refractivity contribution in [3.8, 4) is 0 Å². The topological polar surface area (TPSA) is 75.6 Å². The second kappa shape index (κ2) is 6.79. The predicted octanol–water partition coefficient (Wildman–Crippen LogP) is 1.14. The molecule has 6 nitrogen and oxygen atoms in total. The van der Waals surface area contributed by atoms with Gasteiger partial charge in [-0.15, -0.1) is 0 Å². The van der Waals surface area contributed by atoms with Crippen molar-refractivity contribution in [1.82, 2.24) is 15.0 Å². The fraction of sp³-hybridized carbons (Fsp3) is 0.750. The van der Waals surface area contributed by atoms with Gasteiger partial charge in [0.05, 0.1) is 12.2 Å². The maximum Gasteiger partial charge on any atom is 0.225 e. The number of nitrogens with zero attached hydrogens (tertiary/aromatic N) is 3. The Morgan fingerprint density at radius 3 is 2.77 bits per heavy atom. The molecule has 2 heterocycles. The number of carbonyl (C=O) groups excluding carboxylic acids is 1. The fourth-order valence-corrected chi connectivity index (χ4v) is 3.55. The maximum absolute atomic E-state index is 12.6. The molecule has 1 aliphatic heterocycles. The van der Waals surface area contributed by atoms with E-state index in [0.29, 0.717) is 5.91 Å². The summed E-state index contributed by atoms with van der Waals surface area (Å²) in [6.07, 6.45) is 4.01. The van der Waals surface area contributed by atoms with Gasteiger partial charge in [-0.05, 0) is 26.2 Å². The number of nitrogens with two attached hydrogens (primary N) is 1. The molecule has 2 fully saturated rings. The van der Waals surface area contributed by atoms with Crippen LogP contribution in [0.3, 0.4) is 0 Å². The van der Waals surface area contributed by atoms with Crippen LogP contribution >= 0.6 is 0 Å². The van der Waals surface area contributed by atoms with Crippen LogP contribution in [0.4, 0.5) is 0 Å². The highest BCUT2D eigenvalue weighted by Gasteiger charge is 2.30. The van der Waals surface area contributed by atoms with Gasteiger partial charge < -0.3 is 15.2 Å². The lowest BCUT2D eigenvalue weighted by atomic mass is 9.85. The Labute approximate surface area is 131 Å². The Morgan fingerprint density at radius 2 is 2.14 bits per heavy atom. The van der Waals surface area contributed by atoms with E-state index >= 15 is 0 Å². The molecule has 1 aromatic heterocycles. The van der Waals surface area contributed by atoms with Crippen LogP contribution < -0.4 is 5.73 Å². The number of carbonyl (C=O) groups is 1. The zero-order valence-corrected chi connectivity index (χ0v) is 13.3. The van der Waals surface area contributed by atoms with Crippen LogP contribution in [-0.4, -0.2) is 53.1 Å². The summed E-state index contributed by atoms with van der Waals surface area (Å²) in [6, 6.07) is 2.18. The number of hydrogen-bond donors (Lipinski definition) is 1. The van der Waals surface area contributed by atoms with Gasteiger partial charge in [-0.25, -0.2) is 0 Å². The van der Waals surface area contributed by atoms with Crippen LogP contribution in [0.2, 0.25) is 0 Å². The molecular formula is C16H26N4O2. The number of amides is 1. The van der Waals surface area contributed by atoms with Crippen molar-refractivity contribution in [2.24, 2.45) is 11.7 Å². The quantitative estimate of drug-likeness (QED) is 0.906. The molecule has 1 aromatic rings. The number of rotatable bonds is 3. The third-order valence-electron chi connectivity index (χ3n) is 4.80. The van der Waals surface area contributed by atoms with Crippen LogP contribution in [0.15, 0.2) is 10.6 Å². The van der Waals surface area contributed by atoms with Gasteiger partial charge in [0.25, 0.3) is 0 Å². The van der Waals surface area contributed by atoms with Crippen molar-refractivity contribution < 1.29 is 9.32 Å². The molecule has 6 heteroatoms. The third-order valence-corrected chi connectivity index (χ3v) is 4.80. The molecule has 0 radical (unpaired) electrons. The number of aromatic nitrogens is 1. The summed E-state index contributed by atoms with van der Waals surface area (Å²) in [5.41, 5.74) is 6.92. The predicted molar refractivity (Wildman–Crippen MR) is 83.0 cm³/mol. The van der Waals surface area contributed by atoms with Crippen LogP contribution in [0, 0.1) is 12.8 Å². The number of piperazine rings is 1. The molecule has 1 aliphatic carbocycles. The standard InChI is InChI=1S/C16H26N4O2/c1-12-9-15(22-18-12)11-19-5-7-20(8-6-19)16(21)13-3-2-4-14(17)10-13/h9,13-14H,2-8,10-11,17H2,1H3/t13-,14-/m0/s1. The van der Waals surface area contributed by atoms with Gasteiger partial charge in [0.2, 0.25) is 5.91 Å². The fourth-order valence-electron chi connectivity index (χ4n) is 3.55. The van der Waals surface area contributed by atoms with Gasteiger partial charge in [0, 0.05) is 44.2 Å². The molecule has 0 spiro atoms. The highest BCUT2D eigenvalue weighted by Crippen LogP contribution is 2.25. The van der Waals surface area contributed by atoms with Crippen LogP contribution in [-0.2, 0) is 11.3 Å². The molecule has 2 N–H and O–H groups in total. The van der Waals surface area contributed by atoms with Gasteiger partial charge in [-0.1, -0.05) is 11.6 Å². The minimum atomic E-state index is 0.146. The van der Waals surface area contributed by atoms with Crippen molar-refractivity contribution in [3.05, 3.63) is 17.5 Å². The van der Waals surface area contributed by atoms with Crippen LogP contribution in [0.25, 0.3) is 0 Å². The van der Waals surface area contributed by atoms with E-state index in [2.05, 4.69) is 10.1 Å². The van der Waals surface area contributed by atoms with Crippen LogP contribution in [0.1, 0.15) is 37.1 Å². The first-order valence-corrected chi connectivity index (χ1v) is 8.31. The Bertz CT molecular complexity index is 508. The lowest BCUT2D eigenvalue weighted by molar-refractivity contribution is -0.138. The highest BCUT2D eigenvalue weighted by molar-refractivity contribution is 5.79. The molecular weight excluding hydrogens is 280 g/mol. The molecule has 0 bridgehead atoms. The van der Waals surface area contributed by atoms with Gasteiger partial charge in [0.15, 0.2) is 5.76 Å². The van der Waals surface area contributed by atoms with Gasteiger partial charge in [-0.3, -0.25) is 9.69 Å². The molecule has 2 aliphatic rings. The molecule has 0 unspecified atom stereocenters. The zero-order valence-electron chi connectivity index (χ0n) is 13.3. The average molecular weight is 306 g/mol. The highest BCUT2D eigenvalue weighted by atomic mass is 16.5. The van der Waals surface area contributed by atoms with Crippen molar-refractivity contribution in [1.29, 1.82) is 0 Å². The zero-order chi connectivity index (χ0) is 15.5. The Hall–Kier alpha value is -1.40. The Balaban J connectivity index is 1.47. The summed E-state index contributed by atoms with van der Waals surface area (Å²) >= 11 is 0. The lowest BCUT2D eigenvalue weighted by Crippen LogP contribution is -2.50. The van der Waals surface area contributed by atoms with Crippen molar-refractivity contribution >= 4 is 5.91 Å². The number of hydrogen-bond acceptors (Lipinski definition) is 5. The normalized spacial score (nSPS) is 27.1. The molecule has 1 saturated carbocycles. The monoisotopic (exact) mass is 306 g/mol. The maximum atomic E-state index is 12.6. The van der Waals surface area contributed by atoms with E-state index in [4.69, 9.17) is 10.3 Å². The minimum Gasteiger partial charge on any atom is -0.360 e. The molecule has 122 valence electrons. The summed E-state index contributed by atoms with van der Waals surface area (Å²) in [4.78, 5) is 16.9. The van der Waals surface area contributed by atoms with E-state index in [1.807, 2.05) is 17.9 Å². The largest absolute Gasteiger partial charge is 0.360 e. The second-order valence-corrected chi connectivity index (χ2v) is 6.66. The lowest BCUT2D eigenvalue weighted by Gasteiger charge is -2.37. The summed E-state index contributed by atoms with van der Waals surface area (Å²) in [6.45, 7) is 6.10. The van der Waals surface area contributed by atoms with E-state index in [0.717, 1.165) is 69.9 Å². The first-order chi connectivity index (χ1) is 10.6. The smallest absolute Gasteiger partial charge is 0.225 e. The third kappa shape index (κ3) is 3.67. The van der Waals surface area contributed by atoms with E-state index in [9.17, 15) is 4.79 Å².